The summed E-state index contributed by atoms with van der Waals surface area (Å²) in [5, 5.41) is 8.32. The largest absolute Gasteiger partial charge is 0.325 e. The Morgan fingerprint density at radius 1 is 1.32 bits per heavy atom. The zero-order chi connectivity index (χ0) is 20.5. The molecule has 1 heterocycles. The molecule has 28 heavy (non-hydrogen) atoms. The number of benzene rings is 2. The standard InChI is InChI=1S/C18H19BrN4O3S2/c1-3-23-16-8-7-14(28(20,25)26)10-15(16)22-18(23)27-11(2)17(24)21-13-6-4-5-12(19)9-13/h4-11H,3H2,1-2H3,(H,21,24)(H2,20,25,26)/t11-/m1/s1. The number of imidazole rings is 1. The number of carbonyl (C=O) groups excluding carboxylic acids is 1. The van der Waals surface area contributed by atoms with E-state index in [1.807, 2.05) is 35.8 Å². The molecular formula is C18H19BrN4O3S2. The lowest BCUT2D eigenvalue weighted by atomic mass is 10.3. The Bertz CT molecular complexity index is 1140. The van der Waals surface area contributed by atoms with Crippen molar-refractivity contribution in [3.63, 3.8) is 0 Å². The molecule has 0 aliphatic rings. The van der Waals surface area contributed by atoms with Crippen molar-refractivity contribution >= 4 is 60.3 Å². The highest BCUT2D eigenvalue weighted by Crippen LogP contribution is 2.29. The first-order chi connectivity index (χ1) is 13.2. The van der Waals surface area contributed by atoms with E-state index in [4.69, 9.17) is 5.14 Å². The fraction of sp³-hybridized carbons (Fsp3) is 0.222. The molecule has 0 spiro atoms. The summed E-state index contributed by atoms with van der Waals surface area (Å²) >= 11 is 4.69. The number of fused-ring (bicyclic) bond motifs is 1. The van der Waals surface area contributed by atoms with E-state index in [0.717, 1.165) is 9.99 Å². The molecule has 10 heteroatoms. The molecule has 0 unspecified atom stereocenters. The van der Waals surface area contributed by atoms with Gasteiger partial charge in [-0.15, -0.1) is 0 Å². The molecule has 148 valence electrons. The number of primary sulfonamides is 1. The van der Waals surface area contributed by atoms with Crippen molar-refractivity contribution in [1.29, 1.82) is 0 Å². The van der Waals surface area contributed by atoms with Gasteiger partial charge in [0.2, 0.25) is 15.9 Å². The second kappa shape index (κ2) is 8.24. The number of hydrogen-bond acceptors (Lipinski definition) is 5. The molecule has 1 aromatic heterocycles. The predicted molar refractivity (Wildman–Crippen MR) is 115 cm³/mol. The van der Waals surface area contributed by atoms with E-state index in [1.165, 1.54) is 23.9 Å². The van der Waals surface area contributed by atoms with Crippen LogP contribution >= 0.6 is 27.7 Å². The molecule has 1 atom stereocenters. The molecule has 0 aliphatic carbocycles. The number of amides is 1. The molecule has 3 rings (SSSR count). The van der Waals surface area contributed by atoms with Gasteiger partial charge in [-0.25, -0.2) is 18.5 Å². The average molecular weight is 483 g/mol. The maximum atomic E-state index is 12.5. The maximum Gasteiger partial charge on any atom is 0.238 e. The number of nitrogens with one attached hydrogen (secondary N) is 1. The van der Waals surface area contributed by atoms with Gasteiger partial charge >= 0.3 is 0 Å². The Kier molecular flexibility index (Phi) is 6.13. The molecule has 0 radical (unpaired) electrons. The van der Waals surface area contributed by atoms with Crippen LogP contribution in [0.25, 0.3) is 11.0 Å². The van der Waals surface area contributed by atoms with Crippen molar-refractivity contribution in [2.24, 2.45) is 5.14 Å². The number of carbonyl (C=O) groups is 1. The minimum Gasteiger partial charge on any atom is -0.325 e. The summed E-state index contributed by atoms with van der Waals surface area (Å²) in [5.41, 5.74) is 2.01. The molecule has 0 saturated carbocycles. The monoisotopic (exact) mass is 482 g/mol. The van der Waals surface area contributed by atoms with Crippen LogP contribution < -0.4 is 10.5 Å². The first-order valence-corrected chi connectivity index (χ1v) is 11.7. The summed E-state index contributed by atoms with van der Waals surface area (Å²) in [6.45, 7) is 4.39. The molecule has 0 bridgehead atoms. The topological polar surface area (TPSA) is 107 Å². The van der Waals surface area contributed by atoms with Crippen LogP contribution in [0.4, 0.5) is 5.69 Å². The lowest BCUT2D eigenvalue weighted by Crippen LogP contribution is -2.22. The predicted octanol–water partition coefficient (Wildman–Crippen LogP) is 3.59. The lowest BCUT2D eigenvalue weighted by Gasteiger charge is -2.13. The van der Waals surface area contributed by atoms with Crippen molar-refractivity contribution in [2.45, 2.75) is 35.7 Å². The second-order valence-electron chi connectivity index (χ2n) is 6.09. The Hall–Kier alpha value is -1.88. The number of sulfonamides is 1. The van der Waals surface area contributed by atoms with Gasteiger partial charge < -0.3 is 9.88 Å². The fourth-order valence-corrected chi connectivity index (χ4v) is 4.60. The zero-order valence-electron chi connectivity index (χ0n) is 15.2. The van der Waals surface area contributed by atoms with Crippen molar-refractivity contribution < 1.29 is 13.2 Å². The highest BCUT2D eigenvalue weighted by atomic mass is 79.9. The maximum absolute atomic E-state index is 12.5. The van der Waals surface area contributed by atoms with E-state index >= 15 is 0 Å². The van der Waals surface area contributed by atoms with Gasteiger partial charge in [-0.1, -0.05) is 33.8 Å². The quantitative estimate of drug-likeness (QED) is 0.522. The number of thioether (sulfide) groups is 1. The van der Waals surface area contributed by atoms with Gasteiger partial charge in [0.05, 0.1) is 21.2 Å². The Morgan fingerprint density at radius 2 is 2.07 bits per heavy atom. The number of rotatable bonds is 6. The Labute approximate surface area is 175 Å². The number of anilines is 1. The highest BCUT2D eigenvalue weighted by molar-refractivity contribution is 9.10. The van der Waals surface area contributed by atoms with E-state index in [1.54, 1.807) is 13.0 Å². The smallest absolute Gasteiger partial charge is 0.238 e. The molecular weight excluding hydrogens is 464 g/mol. The number of aryl methyl sites for hydroxylation is 1. The van der Waals surface area contributed by atoms with E-state index in [0.29, 0.717) is 22.9 Å². The van der Waals surface area contributed by atoms with Gasteiger partial charge in [0.1, 0.15) is 0 Å². The summed E-state index contributed by atoms with van der Waals surface area (Å²) in [4.78, 5) is 17.1. The third kappa shape index (κ3) is 4.57. The van der Waals surface area contributed by atoms with Crippen LogP contribution in [0.2, 0.25) is 0 Å². The van der Waals surface area contributed by atoms with Gasteiger partial charge in [-0.2, -0.15) is 0 Å². The first kappa shape index (κ1) is 20.8. The fourth-order valence-electron chi connectivity index (χ4n) is 2.68. The summed E-state index contributed by atoms with van der Waals surface area (Å²) in [6.07, 6.45) is 0. The molecule has 1 amide bonds. The Morgan fingerprint density at radius 3 is 2.71 bits per heavy atom. The highest BCUT2D eigenvalue weighted by Gasteiger charge is 2.20. The SMILES string of the molecule is CCn1c(S[C@H](C)C(=O)Nc2cccc(Br)c2)nc2cc(S(N)(=O)=O)ccc21. The third-order valence-corrected chi connectivity index (χ3v) is 6.57. The number of aromatic nitrogens is 2. The van der Waals surface area contributed by atoms with E-state index in [2.05, 4.69) is 26.2 Å². The normalized spacial score (nSPS) is 12.9. The number of halogens is 1. The van der Waals surface area contributed by atoms with Crippen molar-refractivity contribution in [3.8, 4) is 0 Å². The molecule has 0 fully saturated rings. The van der Waals surface area contributed by atoms with Crippen molar-refractivity contribution in [2.75, 3.05) is 5.32 Å². The van der Waals surface area contributed by atoms with Crippen LogP contribution in [0.3, 0.4) is 0 Å². The van der Waals surface area contributed by atoms with Gasteiger partial charge in [0.25, 0.3) is 0 Å². The summed E-state index contributed by atoms with van der Waals surface area (Å²) in [7, 11) is -3.80. The average Bonchev–Trinajstić information content (AvgIpc) is 2.97. The van der Waals surface area contributed by atoms with E-state index in [9.17, 15) is 13.2 Å². The number of hydrogen-bond donors (Lipinski definition) is 2. The molecule has 0 aliphatic heterocycles. The van der Waals surface area contributed by atoms with Gasteiger partial charge in [0.15, 0.2) is 5.16 Å². The zero-order valence-corrected chi connectivity index (χ0v) is 18.4. The molecule has 2 aromatic carbocycles. The number of nitrogens with zero attached hydrogens (tertiary/aromatic N) is 2. The molecule has 3 N–H and O–H groups in total. The third-order valence-electron chi connectivity index (χ3n) is 4.07. The van der Waals surface area contributed by atoms with Crippen LogP contribution in [0, 0.1) is 0 Å². The van der Waals surface area contributed by atoms with Crippen LogP contribution in [0.1, 0.15) is 13.8 Å². The van der Waals surface area contributed by atoms with Gasteiger partial charge in [-0.3, -0.25) is 4.79 Å². The number of nitrogens with two attached hydrogens (primary N) is 1. The van der Waals surface area contributed by atoms with Crippen LogP contribution in [0.15, 0.2) is 57.0 Å². The van der Waals surface area contributed by atoms with Gasteiger partial charge in [-0.05, 0) is 50.2 Å². The van der Waals surface area contributed by atoms with Crippen molar-refractivity contribution in [1.82, 2.24) is 9.55 Å². The van der Waals surface area contributed by atoms with E-state index < -0.39 is 15.3 Å². The Balaban J connectivity index is 1.85. The molecule has 7 nitrogen and oxygen atoms in total. The lowest BCUT2D eigenvalue weighted by molar-refractivity contribution is -0.115. The van der Waals surface area contributed by atoms with Crippen LogP contribution in [-0.2, 0) is 21.4 Å². The molecule has 3 aromatic rings. The van der Waals surface area contributed by atoms with Crippen LogP contribution in [-0.4, -0.2) is 29.1 Å². The second-order valence-corrected chi connectivity index (χ2v) is 9.88. The minimum atomic E-state index is -3.80. The summed E-state index contributed by atoms with van der Waals surface area (Å²) in [5.74, 6) is -0.150. The van der Waals surface area contributed by atoms with Crippen molar-refractivity contribution in [3.05, 3.63) is 46.9 Å². The van der Waals surface area contributed by atoms with Gasteiger partial charge in [0, 0.05) is 16.7 Å². The van der Waals surface area contributed by atoms with Crippen LogP contribution in [0.5, 0.6) is 0 Å². The minimum absolute atomic E-state index is 0.0118. The summed E-state index contributed by atoms with van der Waals surface area (Å²) < 4.78 is 26.0. The summed E-state index contributed by atoms with van der Waals surface area (Å²) in [6, 6.07) is 12.0. The molecule has 0 saturated heterocycles. The van der Waals surface area contributed by atoms with E-state index in [-0.39, 0.29) is 10.8 Å². The first-order valence-electron chi connectivity index (χ1n) is 8.45.